The molecule has 0 spiro atoms. The lowest BCUT2D eigenvalue weighted by Gasteiger charge is -2.25. The third kappa shape index (κ3) is 4.29. The first-order valence-corrected chi connectivity index (χ1v) is 10.5. The Morgan fingerprint density at radius 1 is 1.19 bits per heavy atom. The Balaban J connectivity index is 2.01. The Morgan fingerprint density at radius 2 is 1.85 bits per heavy atom. The lowest BCUT2D eigenvalue weighted by molar-refractivity contribution is -0.131. The van der Waals surface area contributed by atoms with Crippen LogP contribution >= 0.6 is 11.3 Å². The van der Waals surface area contributed by atoms with Crippen LogP contribution in [0.1, 0.15) is 23.7 Å². The van der Waals surface area contributed by atoms with Crippen LogP contribution < -0.4 is 10.8 Å². The topological polar surface area (TPSA) is 113 Å². The van der Waals surface area contributed by atoms with Gasteiger partial charge in [-0.3, -0.25) is 14.8 Å². The molecule has 1 heterocycles. The highest BCUT2D eigenvalue weighted by atomic mass is 32.2. The Hall–Kier alpha value is -2.23. The van der Waals surface area contributed by atoms with E-state index in [0.29, 0.717) is 5.56 Å². The second-order valence-electron chi connectivity index (χ2n) is 6.00. The van der Waals surface area contributed by atoms with Gasteiger partial charge in [-0.2, -0.15) is 0 Å². The van der Waals surface area contributed by atoms with E-state index >= 15 is 0 Å². The molecule has 140 valence electrons. The fraction of sp³-hybridized carbons (Fsp3) is 0.294. The van der Waals surface area contributed by atoms with Gasteiger partial charge in [0.05, 0.1) is 0 Å². The summed E-state index contributed by atoms with van der Waals surface area (Å²) in [5.41, 5.74) is 2.80. The molecule has 2 rings (SSSR count). The van der Waals surface area contributed by atoms with Crippen molar-refractivity contribution in [2.24, 2.45) is 0 Å². The number of hydrogen-bond donors (Lipinski definition) is 3. The number of benzene rings is 1. The fourth-order valence-corrected chi connectivity index (χ4v) is 3.92. The van der Waals surface area contributed by atoms with Gasteiger partial charge in [0.25, 0.3) is 11.8 Å². The average molecular weight is 396 g/mol. The van der Waals surface area contributed by atoms with E-state index in [1.165, 1.54) is 12.4 Å². The van der Waals surface area contributed by atoms with Crippen molar-refractivity contribution >= 4 is 33.0 Å². The molecule has 7 nitrogen and oxygen atoms in total. The molecule has 1 unspecified atom stereocenters. The summed E-state index contributed by atoms with van der Waals surface area (Å²) in [6.45, 7) is 1.17. The molecule has 9 heteroatoms. The Labute approximate surface area is 155 Å². The van der Waals surface area contributed by atoms with Crippen molar-refractivity contribution in [2.45, 2.75) is 18.1 Å². The van der Waals surface area contributed by atoms with Crippen molar-refractivity contribution in [1.82, 2.24) is 10.8 Å². The molecule has 1 atom stereocenters. The molecule has 1 aromatic carbocycles. The molecule has 1 aromatic heterocycles. The zero-order valence-electron chi connectivity index (χ0n) is 14.4. The zero-order valence-corrected chi connectivity index (χ0v) is 16.0. The number of thiophene rings is 1. The maximum Gasteiger partial charge on any atom is 0.264 e. The van der Waals surface area contributed by atoms with E-state index in [2.05, 4.69) is 5.32 Å². The standard InChI is InChI=1S/C17H20N2O5S2/c1-17(16(21)19-22,26(2,23)24)9-10-18-15(20)13-7-5-12(6-8-13)14-4-3-11-25-14/h3-8,11,22H,9-10H2,1-2H3,(H,18,20)(H,19,21). The molecule has 0 aliphatic rings. The van der Waals surface area contributed by atoms with Crippen LogP contribution in [0.3, 0.4) is 0 Å². The third-order valence-corrected chi connectivity index (χ3v) is 7.19. The number of carbonyl (C=O) groups is 2. The van der Waals surface area contributed by atoms with Crippen molar-refractivity contribution in [3.05, 3.63) is 47.3 Å². The van der Waals surface area contributed by atoms with E-state index in [4.69, 9.17) is 5.21 Å². The van der Waals surface area contributed by atoms with Crippen LogP contribution in [0.4, 0.5) is 0 Å². The van der Waals surface area contributed by atoms with E-state index < -0.39 is 20.5 Å². The number of sulfone groups is 1. The number of amides is 2. The minimum absolute atomic E-state index is 0.0392. The number of carbonyl (C=O) groups excluding carboxylic acids is 2. The summed E-state index contributed by atoms with van der Waals surface area (Å²) >= 11 is 1.60. The van der Waals surface area contributed by atoms with E-state index in [9.17, 15) is 18.0 Å². The second kappa shape index (κ2) is 7.98. The van der Waals surface area contributed by atoms with E-state index in [1.807, 2.05) is 29.6 Å². The molecule has 0 fully saturated rings. The van der Waals surface area contributed by atoms with Crippen LogP contribution in [0.25, 0.3) is 10.4 Å². The van der Waals surface area contributed by atoms with E-state index in [1.54, 1.807) is 23.5 Å². The van der Waals surface area contributed by atoms with Crippen molar-refractivity contribution in [2.75, 3.05) is 12.8 Å². The van der Waals surface area contributed by atoms with Crippen molar-refractivity contribution < 1.29 is 23.2 Å². The van der Waals surface area contributed by atoms with Crippen molar-refractivity contribution in [3.8, 4) is 10.4 Å². The minimum Gasteiger partial charge on any atom is -0.352 e. The molecule has 0 radical (unpaired) electrons. The number of rotatable bonds is 7. The number of nitrogens with one attached hydrogen (secondary N) is 2. The molecule has 2 aromatic rings. The summed E-state index contributed by atoms with van der Waals surface area (Å²) in [5.74, 6) is -1.41. The lowest BCUT2D eigenvalue weighted by atomic mass is 10.1. The van der Waals surface area contributed by atoms with Crippen LogP contribution in [-0.4, -0.2) is 43.0 Å². The van der Waals surface area contributed by atoms with Crippen LogP contribution in [0.2, 0.25) is 0 Å². The van der Waals surface area contributed by atoms with Gasteiger partial charge in [-0.05, 0) is 42.5 Å². The molecular weight excluding hydrogens is 376 g/mol. The summed E-state index contributed by atoms with van der Waals surface area (Å²) in [4.78, 5) is 25.0. The van der Waals surface area contributed by atoms with Gasteiger partial charge in [-0.25, -0.2) is 13.9 Å². The summed E-state index contributed by atoms with van der Waals surface area (Å²) in [6, 6.07) is 11.0. The SMILES string of the molecule is CC(CCNC(=O)c1ccc(-c2cccs2)cc1)(C(=O)NO)S(C)(=O)=O. The number of hydrogen-bond acceptors (Lipinski definition) is 6. The summed E-state index contributed by atoms with van der Waals surface area (Å²) in [7, 11) is -3.79. The smallest absolute Gasteiger partial charge is 0.264 e. The second-order valence-corrected chi connectivity index (χ2v) is 9.40. The predicted molar refractivity (Wildman–Crippen MR) is 99.9 cm³/mol. The first-order chi connectivity index (χ1) is 12.2. The zero-order chi connectivity index (χ0) is 19.4. The van der Waals surface area contributed by atoms with Gasteiger partial charge in [0, 0.05) is 23.2 Å². The van der Waals surface area contributed by atoms with Gasteiger partial charge in [0.1, 0.15) is 0 Å². The van der Waals surface area contributed by atoms with Crippen LogP contribution in [0.15, 0.2) is 41.8 Å². The van der Waals surface area contributed by atoms with Gasteiger partial charge in [0.2, 0.25) is 0 Å². The van der Waals surface area contributed by atoms with Gasteiger partial charge < -0.3 is 5.32 Å². The van der Waals surface area contributed by atoms with Crippen LogP contribution in [0.5, 0.6) is 0 Å². The Kier molecular flexibility index (Phi) is 6.17. The summed E-state index contributed by atoms with van der Waals surface area (Å²) in [5, 5.41) is 13.3. The largest absolute Gasteiger partial charge is 0.352 e. The van der Waals surface area contributed by atoms with Crippen molar-refractivity contribution in [1.29, 1.82) is 0 Å². The maximum absolute atomic E-state index is 12.2. The van der Waals surface area contributed by atoms with E-state index in [-0.39, 0.29) is 18.9 Å². The minimum atomic E-state index is -3.79. The van der Waals surface area contributed by atoms with Gasteiger partial charge in [-0.1, -0.05) is 18.2 Å². The monoisotopic (exact) mass is 396 g/mol. The lowest BCUT2D eigenvalue weighted by Crippen LogP contribution is -2.50. The molecule has 0 saturated carbocycles. The Bertz CT molecular complexity index is 876. The molecule has 26 heavy (non-hydrogen) atoms. The van der Waals surface area contributed by atoms with E-state index in [0.717, 1.165) is 16.7 Å². The maximum atomic E-state index is 12.2. The molecule has 2 amide bonds. The number of hydroxylamine groups is 1. The highest BCUT2D eigenvalue weighted by Gasteiger charge is 2.43. The van der Waals surface area contributed by atoms with Gasteiger partial charge >= 0.3 is 0 Å². The summed E-state index contributed by atoms with van der Waals surface area (Å²) in [6.07, 6.45) is 0.741. The van der Waals surface area contributed by atoms with Crippen molar-refractivity contribution in [3.63, 3.8) is 0 Å². The van der Waals surface area contributed by atoms with Gasteiger partial charge in [-0.15, -0.1) is 11.3 Å². The van der Waals surface area contributed by atoms with Gasteiger partial charge in [0.15, 0.2) is 14.6 Å². The molecule has 0 aliphatic carbocycles. The van der Waals surface area contributed by atoms with Crippen LogP contribution in [0, 0.1) is 0 Å². The van der Waals surface area contributed by atoms with Crippen LogP contribution in [-0.2, 0) is 14.6 Å². The highest BCUT2D eigenvalue weighted by Crippen LogP contribution is 2.25. The third-order valence-electron chi connectivity index (χ3n) is 4.24. The normalized spacial score (nSPS) is 13.7. The molecule has 0 aliphatic heterocycles. The summed E-state index contributed by atoms with van der Waals surface area (Å²) < 4.78 is 21.9. The molecule has 0 bridgehead atoms. The molecule has 0 saturated heterocycles. The molecular formula is C17H20N2O5S2. The average Bonchev–Trinajstić information content (AvgIpc) is 3.14. The first kappa shape index (κ1) is 20.1. The quantitative estimate of drug-likeness (QED) is 0.488. The fourth-order valence-electron chi connectivity index (χ4n) is 2.33. The first-order valence-electron chi connectivity index (χ1n) is 7.75. The predicted octanol–water partition coefficient (Wildman–Crippen LogP) is 1.84. The highest BCUT2D eigenvalue weighted by molar-refractivity contribution is 7.92. The Morgan fingerprint density at radius 3 is 2.35 bits per heavy atom. The molecule has 3 N–H and O–H groups in total.